The molecule has 1 fully saturated rings. The van der Waals surface area contributed by atoms with Crippen LogP contribution in [0.3, 0.4) is 0 Å². The Labute approximate surface area is 115 Å². The lowest BCUT2D eigenvalue weighted by molar-refractivity contribution is 0.296. The van der Waals surface area contributed by atoms with Crippen molar-refractivity contribution in [3.05, 3.63) is 5.69 Å². The van der Waals surface area contributed by atoms with Gasteiger partial charge in [-0.2, -0.15) is 5.10 Å². The van der Waals surface area contributed by atoms with Crippen LogP contribution in [0.15, 0.2) is 0 Å². The van der Waals surface area contributed by atoms with Crippen LogP contribution >= 0.6 is 0 Å². The molecule has 2 rings (SSSR count). The van der Waals surface area contributed by atoms with Gasteiger partial charge in [-0.15, -0.1) is 0 Å². The molecule has 0 unspecified atom stereocenters. The van der Waals surface area contributed by atoms with Gasteiger partial charge in [-0.25, -0.2) is 0 Å². The van der Waals surface area contributed by atoms with Gasteiger partial charge in [-0.3, -0.25) is 4.68 Å². The molecule has 0 atom stereocenters. The Morgan fingerprint density at radius 2 is 2.05 bits per heavy atom. The van der Waals surface area contributed by atoms with Crippen LogP contribution in [0.5, 0.6) is 0 Å². The van der Waals surface area contributed by atoms with Crippen LogP contribution in [0.2, 0.25) is 0 Å². The van der Waals surface area contributed by atoms with Gasteiger partial charge in [0.15, 0.2) is 5.82 Å². The molecule has 5 nitrogen and oxygen atoms in total. The minimum Gasteiger partial charge on any atom is -0.395 e. The Morgan fingerprint density at radius 1 is 1.42 bits per heavy atom. The summed E-state index contributed by atoms with van der Waals surface area (Å²) in [5.41, 5.74) is 8.03. The molecule has 0 saturated heterocycles. The fraction of sp³-hybridized carbons (Fsp3) is 0.786. The van der Waals surface area contributed by atoms with E-state index >= 15 is 0 Å². The maximum atomic E-state index is 9.34. The molecule has 0 aromatic carbocycles. The van der Waals surface area contributed by atoms with E-state index in [0.717, 1.165) is 17.2 Å². The van der Waals surface area contributed by atoms with E-state index in [9.17, 15) is 5.11 Å². The molecule has 19 heavy (non-hydrogen) atoms. The lowest BCUT2D eigenvalue weighted by atomic mass is 10.1. The molecule has 1 aliphatic rings. The summed E-state index contributed by atoms with van der Waals surface area (Å²) in [6, 6.07) is 0.491. The number of aromatic nitrogens is 2. The second-order valence-corrected chi connectivity index (χ2v) is 5.76. The second kappa shape index (κ2) is 5.82. The summed E-state index contributed by atoms with van der Waals surface area (Å²) in [4.78, 5) is 2.25. The summed E-state index contributed by atoms with van der Waals surface area (Å²) in [6.07, 6.45) is 4.89. The minimum absolute atomic E-state index is 0.151. The highest BCUT2D eigenvalue weighted by Crippen LogP contribution is 2.35. The van der Waals surface area contributed by atoms with Crippen LogP contribution in [-0.2, 0) is 7.05 Å². The molecular weight excluding hydrogens is 240 g/mol. The average molecular weight is 266 g/mol. The number of nitrogens with two attached hydrogens (primary N) is 1. The molecule has 5 heteroatoms. The third kappa shape index (κ3) is 2.71. The summed E-state index contributed by atoms with van der Waals surface area (Å²) in [6.45, 7) is 4.99. The van der Waals surface area contributed by atoms with Gasteiger partial charge in [0.1, 0.15) is 0 Å². The van der Waals surface area contributed by atoms with Gasteiger partial charge >= 0.3 is 0 Å². The van der Waals surface area contributed by atoms with Crippen LogP contribution in [0.1, 0.15) is 51.1 Å². The number of anilines is 2. The van der Waals surface area contributed by atoms with Crippen molar-refractivity contribution in [1.29, 1.82) is 0 Å². The van der Waals surface area contributed by atoms with E-state index in [0.29, 0.717) is 18.5 Å². The smallest absolute Gasteiger partial charge is 0.150 e. The molecule has 0 bridgehead atoms. The molecule has 0 spiro atoms. The lowest BCUT2D eigenvalue weighted by Crippen LogP contribution is -2.37. The normalized spacial score (nSPS) is 16.5. The lowest BCUT2D eigenvalue weighted by Gasteiger charge is -2.30. The van der Waals surface area contributed by atoms with E-state index in [-0.39, 0.29) is 6.61 Å². The molecule has 1 aliphatic carbocycles. The Hall–Kier alpha value is -1.23. The molecule has 0 aliphatic heterocycles. The highest BCUT2D eigenvalue weighted by atomic mass is 16.3. The first-order valence-corrected chi connectivity index (χ1v) is 7.26. The number of rotatable bonds is 5. The zero-order valence-corrected chi connectivity index (χ0v) is 12.3. The third-order valence-electron chi connectivity index (χ3n) is 4.01. The fourth-order valence-electron chi connectivity index (χ4n) is 3.10. The summed E-state index contributed by atoms with van der Waals surface area (Å²) in [5, 5.41) is 13.9. The molecular formula is C14H26N4O. The van der Waals surface area contributed by atoms with E-state index in [2.05, 4.69) is 23.8 Å². The predicted octanol–water partition coefficient (Wildman–Crippen LogP) is 1.87. The van der Waals surface area contributed by atoms with Gasteiger partial charge in [0.2, 0.25) is 0 Å². The number of nitrogens with zero attached hydrogens (tertiary/aromatic N) is 3. The minimum atomic E-state index is 0.151. The number of aryl methyl sites for hydroxylation is 1. The van der Waals surface area contributed by atoms with Crippen molar-refractivity contribution in [3.63, 3.8) is 0 Å². The van der Waals surface area contributed by atoms with Crippen LogP contribution < -0.4 is 10.6 Å². The van der Waals surface area contributed by atoms with Crippen molar-refractivity contribution < 1.29 is 5.11 Å². The first-order valence-electron chi connectivity index (χ1n) is 7.26. The highest BCUT2D eigenvalue weighted by Gasteiger charge is 2.28. The van der Waals surface area contributed by atoms with Crippen molar-refractivity contribution in [2.45, 2.75) is 51.5 Å². The Kier molecular flexibility index (Phi) is 4.34. The molecule has 3 N–H and O–H groups in total. The van der Waals surface area contributed by atoms with Gasteiger partial charge in [0.25, 0.3) is 0 Å². The standard InChI is InChI=1S/C14H26N4O/c1-10(2)13-12(15)14(17(3)16-13)18(8-9-19)11-6-4-5-7-11/h10-11,19H,4-9,15H2,1-3H3. The molecule has 0 amide bonds. The summed E-state index contributed by atoms with van der Waals surface area (Å²) < 4.78 is 1.87. The number of nitrogen functional groups attached to an aromatic ring is 1. The van der Waals surface area contributed by atoms with Gasteiger partial charge in [0.05, 0.1) is 18.0 Å². The van der Waals surface area contributed by atoms with Crippen LogP contribution in [-0.4, -0.2) is 34.1 Å². The topological polar surface area (TPSA) is 67.3 Å². The highest BCUT2D eigenvalue weighted by molar-refractivity contribution is 5.67. The van der Waals surface area contributed by atoms with E-state index in [4.69, 9.17) is 5.73 Å². The first kappa shape index (κ1) is 14.2. The quantitative estimate of drug-likeness (QED) is 0.853. The third-order valence-corrected chi connectivity index (χ3v) is 4.01. The summed E-state index contributed by atoms with van der Waals surface area (Å²) in [5.74, 6) is 1.30. The van der Waals surface area contributed by atoms with Crippen LogP contribution in [0.25, 0.3) is 0 Å². The molecule has 0 radical (unpaired) electrons. The van der Waals surface area contributed by atoms with E-state index in [1.54, 1.807) is 0 Å². The molecule has 108 valence electrons. The van der Waals surface area contributed by atoms with Crippen LogP contribution in [0.4, 0.5) is 11.5 Å². The number of aliphatic hydroxyl groups is 1. The van der Waals surface area contributed by atoms with Crippen molar-refractivity contribution in [2.75, 3.05) is 23.8 Å². The summed E-state index contributed by atoms with van der Waals surface area (Å²) >= 11 is 0. The number of aliphatic hydroxyl groups excluding tert-OH is 1. The molecule has 1 saturated carbocycles. The molecule has 1 aromatic rings. The molecule has 1 aromatic heterocycles. The number of hydrogen-bond donors (Lipinski definition) is 2. The maximum Gasteiger partial charge on any atom is 0.150 e. The number of hydrogen-bond acceptors (Lipinski definition) is 4. The van der Waals surface area contributed by atoms with E-state index < -0.39 is 0 Å². The van der Waals surface area contributed by atoms with E-state index in [1.807, 2.05) is 11.7 Å². The van der Waals surface area contributed by atoms with Gasteiger partial charge in [-0.05, 0) is 18.8 Å². The monoisotopic (exact) mass is 266 g/mol. The zero-order valence-electron chi connectivity index (χ0n) is 12.3. The maximum absolute atomic E-state index is 9.34. The fourth-order valence-corrected chi connectivity index (χ4v) is 3.10. The predicted molar refractivity (Wildman–Crippen MR) is 78.4 cm³/mol. The van der Waals surface area contributed by atoms with Crippen molar-refractivity contribution in [2.24, 2.45) is 7.05 Å². The van der Waals surface area contributed by atoms with Crippen LogP contribution in [0, 0.1) is 0 Å². The van der Waals surface area contributed by atoms with Gasteiger partial charge < -0.3 is 15.7 Å². The van der Waals surface area contributed by atoms with Gasteiger partial charge in [-0.1, -0.05) is 26.7 Å². The average Bonchev–Trinajstić information content (AvgIpc) is 2.96. The second-order valence-electron chi connectivity index (χ2n) is 5.76. The Bertz CT molecular complexity index is 421. The van der Waals surface area contributed by atoms with E-state index in [1.165, 1.54) is 25.7 Å². The van der Waals surface area contributed by atoms with Crippen molar-refractivity contribution in [3.8, 4) is 0 Å². The zero-order chi connectivity index (χ0) is 14.0. The van der Waals surface area contributed by atoms with Crippen molar-refractivity contribution >= 4 is 11.5 Å². The summed E-state index contributed by atoms with van der Waals surface area (Å²) in [7, 11) is 1.94. The molecule has 1 heterocycles. The largest absolute Gasteiger partial charge is 0.395 e. The Balaban J connectivity index is 2.35. The SMILES string of the molecule is CC(C)c1nn(C)c(N(CCO)C2CCCC2)c1N. The first-order chi connectivity index (χ1) is 9.06. The van der Waals surface area contributed by atoms with Crippen molar-refractivity contribution in [1.82, 2.24) is 9.78 Å². The van der Waals surface area contributed by atoms with Gasteiger partial charge in [0, 0.05) is 19.6 Å². The Morgan fingerprint density at radius 3 is 2.53 bits per heavy atom.